The number of hydrogen-bond acceptors (Lipinski definition) is 3. The van der Waals surface area contributed by atoms with Gasteiger partial charge in [-0.1, -0.05) is 60.7 Å². The van der Waals surface area contributed by atoms with Crippen LogP contribution in [0.5, 0.6) is 0 Å². The van der Waals surface area contributed by atoms with Crippen molar-refractivity contribution >= 4 is 12.2 Å². The topological polar surface area (TPSA) is 57.6 Å². The van der Waals surface area contributed by atoms with Crippen LogP contribution in [0, 0.1) is 5.92 Å². The van der Waals surface area contributed by atoms with Crippen molar-refractivity contribution in [2.24, 2.45) is 5.92 Å². The summed E-state index contributed by atoms with van der Waals surface area (Å²) in [5.41, 5.74) is 1.89. The molecule has 0 spiro atoms. The second-order valence-corrected chi connectivity index (χ2v) is 5.86. The lowest BCUT2D eigenvalue weighted by molar-refractivity contribution is -0.169. The van der Waals surface area contributed by atoms with Crippen molar-refractivity contribution in [2.45, 2.75) is 25.1 Å². The van der Waals surface area contributed by atoms with Gasteiger partial charge in [-0.15, -0.1) is 0 Å². The number of aldehydes is 1. The molecule has 1 aliphatic rings. The molecule has 1 aliphatic heterocycles. The number of aliphatic hydroxyl groups excluding tert-OH is 1. The summed E-state index contributed by atoms with van der Waals surface area (Å²) in [4.78, 5) is 25.7. The van der Waals surface area contributed by atoms with Crippen LogP contribution in [0.4, 0.5) is 0 Å². The fourth-order valence-electron chi connectivity index (χ4n) is 3.28. The molecule has 0 aliphatic carbocycles. The highest BCUT2D eigenvalue weighted by molar-refractivity contribution is 5.94. The van der Waals surface area contributed by atoms with E-state index in [1.807, 2.05) is 60.7 Å². The normalized spacial score (nSPS) is 21.9. The molecule has 3 atom stereocenters. The van der Waals surface area contributed by atoms with Gasteiger partial charge in [-0.25, -0.2) is 0 Å². The van der Waals surface area contributed by atoms with Crippen LogP contribution in [0.25, 0.3) is 0 Å². The van der Waals surface area contributed by atoms with Gasteiger partial charge in [-0.3, -0.25) is 4.79 Å². The first-order chi connectivity index (χ1) is 11.1. The zero-order valence-corrected chi connectivity index (χ0v) is 12.9. The summed E-state index contributed by atoms with van der Waals surface area (Å²) in [6, 6.07) is 18.3. The van der Waals surface area contributed by atoms with Crippen molar-refractivity contribution in [3.63, 3.8) is 0 Å². The maximum atomic E-state index is 12.6. The molecule has 1 saturated heterocycles. The molecule has 3 rings (SSSR count). The molecule has 0 aromatic heterocycles. The van der Waals surface area contributed by atoms with E-state index < -0.39 is 18.1 Å². The zero-order chi connectivity index (χ0) is 16.4. The van der Waals surface area contributed by atoms with Gasteiger partial charge in [-0.05, 0) is 18.1 Å². The van der Waals surface area contributed by atoms with Crippen molar-refractivity contribution in [3.05, 3.63) is 71.8 Å². The lowest BCUT2D eigenvalue weighted by Gasteiger charge is -2.49. The minimum atomic E-state index is -0.832. The minimum Gasteiger partial charge on any atom is -0.392 e. The molecule has 1 heterocycles. The predicted octanol–water partition coefficient (Wildman–Crippen LogP) is 2.18. The minimum absolute atomic E-state index is 0.185. The van der Waals surface area contributed by atoms with Crippen LogP contribution in [0.3, 0.4) is 0 Å². The third kappa shape index (κ3) is 2.66. The van der Waals surface area contributed by atoms with E-state index in [0.29, 0.717) is 0 Å². The molecule has 1 amide bonds. The number of carbonyl (C=O) groups is 2. The molecule has 23 heavy (non-hydrogen) atoms. The van der Waals surface area contributed by atoms with Gasteiger partial charge in [0, 0.05) is 0 Å². The molecule has 0 radical (unpaired) electrons. The van der Waals surface area contributed by atoms with Crippen molar-refractivity contribution in [1.29, 1.82) is 0 Å². The van der Waals surface area contributed by atoms with E-state index in [1.54, 1.807) is 11.8 Å². The van der Waals surface area contributed by atoms with E-state index in [0.717, 1.165) is 17.4 Å². The fraction of sp³-hybridized carbons (Fsp3) is 0.263. The summed E-state index contributed by atoms with van der Waals surface area (Å²) in [7, 11) is 0. The lowest BCUT2D eigenvalue weighted by Crippen LogP contribution is -2.65. The summed E-state index contributed by atoms with van der Waals surface area (Å²) in [6.07, 6.45) is -0.0707. The number of carbonyl (C=O) groups excluding carboxylic acids is 2. The lowest BCUT2D eigenvalue weighted by atomic mass is 9.80. The number of rotatable bonds is 5. The van der Waals surface area contributed by atoms with Crippen LogP contribution in [-0.2, 0) is 9.59 Å². The molecule has 1 N–H and O–H groups in total. The highest BCUT2D eigenvalue weighted by atomic mass is 16.3. The molecule has 0 bridgehead atoms. The van der Waals surface area contributed by atoms with Crippen molar-refractivity contribution in [2.75, 3.05) is 0 Å². The van der Waals surface area contributed by atoms with Gasteiger partial charge in [0.05, 0.1) is 18.1 Å². The largest absolute Gasteiger partial charge is 0.392 e. The van der Waals surface area contributed by atoms with Crippen molar-refractivity contribution in [3.8, 4) is 0 Å². The number of nitrogens with zero attached hydrogens (tertiary/aromatic N) is 1. The van der Waals surface area contributed by atoms with Crippen molar-refractivity contribution in [1.82, 2.24) is 4.90 Å². The molecule has 118 valence electrons. The number of hydrogen-bond donors (Lipinski definition) is 1. The van der Waals surface area contributed by atoms with Gasteiger partial charge in [0.2, 0.25) is 5.91 Å². The number of benzene rings is 2. The van der Waals surface area contributed by atoms with Crippen LogP contribution in [0.15, 0.2) is 60.7 Å². The van der Waals surface area contributed by atoms with Crippen LogP contribution in [0.1, 0.15) is 24.1 Å². The Labute approximate surface area is 135 Å². The second kappa shape index (κ2) is 6.34. The van der Waals surface area contributed by atoms with E-state index in [-0.39, 0.29) is 11.9 Å². The third-order valence-corrected chi connectivity index (χ3v) is 4.40. The van der Waals surface area contributed by atoms with Crippen LogP contribution in [0.2, 0.25) is 0 Å². The van der Waals surface area contributed by atoms with Gasteiger partial charge in [-0.2, -0.15) is 0 Å². The Morgan fingerprint density at radius 1 is 1.00 bits per heavy atom. The highest BCUT2D eigenvalue weighted by Crippen LogP contribution is 2.40. The van der Waals surface area contributed by atoms with Gasteiger partial charge < -0.3 is 14.8 Å². The summed E-state index contributed by atoms with van der Waals surface area (Å²) < 4.78 is 0. The van der Waals surface area contributed by atoms with Crippen LogP contribution >= 0.6 is 0 Å². The van der Waals surface area contributed by atoms with Gasteiger partial charge in [0.15, 0.2) is 0 Å². The predicted molar refractivity (Wildman–Crippen MR) is 86.6 cm³/mol. The van der Waals surface area contributed by atoms with E-state index in [2.05, 4.69) is 0 Å². The number of β-lactam (4-membered cyclic amide) rings is 1. The van der Waals surface area contributed by atoms with Crippen LogP contribution < -0.4 is 0 Å². The van der Waals surface area contributed by atoms with Gasteiger partial charge in [0.25, 0.3) is 0 Å². The monoisotopic (exact) mass is 309 g/mol. The molecule has 2 aromatic rings. The van der Waals surface area contributed by atoms with Crippen LogP contribution in [-0.4, -0.2) is 34.3 Å². The third-order valence-electron chi connectivity index (χ3n) is 4.40. The Balaban J connectivity index is 2.03. The van der Waals surface area contributed by atoms with E-state index in [1.165, 1.54) is 0 Å². The smallest absolute Gasteiger partial charge is 0.232 e. The Morgan fingerprint density at radius 2 is 1.48 bits per heavy atom. The summed E-state index contributed by atoms with van der Waals surface area (Å²) >= 11 is 0. The number of amides is 1. The Morgan fingerprint density at radius 3 is 1.87 bits per heavy atom. The molecule has 0 unspecified atom stereocenters. The van der Waals surface area contributed by atoms with E-state index >= 15 is 0 Å². The first kappa shape index (κ1) is 15.4. The first-order valence-electron chi connectivity index (χ1n) is 7.70. The second-order valence-electron chi connectivity index (χ2n) is 5.86. The molecular weight excluding hydrogens is 290 g/mol. The number of aliphatic hydroxyl groups is 1. The summed E-state index contributed by atoms with van der Waals surface area (Å²) in [5, 5.41) is 9.78. The maximum absolute atomic E-state index is 12.6. The molecule has 0 saturated carbocycles. The average Bonchev–Trinajstić information content (AvgIpc) is 2.58. The highest BCUT2D eigenvalue weighted by Gasteiger charge is 2.52. The SMILES string of the molecule is C[C@@H](O)[C@H]1C(=O)N(C(c2ccccc2)c2ccccc2)[C@@H]1C=O. The van der Waals surface area contributed by atoms with E-state index in [4.69, 9.17) is 0 Å². The summed E-state index contributed by atoms with van der Waals surface area (Å²) in [6.45, 7) is 1.55. The van der Waals surface area contributed by atoms with Crippen molar-refractivity contribution < 1.29 is 14.7 Å². The Bertz CT molecular complexity index is 645. The maximum Gasteiger partial charge on any atom is 0.232 e. The standard InChI is InChI=1S/C19H19NO3/c1-13(22)17-16(12-21)20(19(17)23)18(14-8-4-2-5-9-14)15-10-6-3-7-11-15/h2-13,16-18,22H,1H3/t13-,16-,17-/m1/s1. The molecule has 1 fully saturated rings. The molecule has 2 aromatic carbocycles. The number of likely N-dealkylation sites (tertiary alicyclic amines) is 1. The first-order valence-corrected chi connectivity index (χ1v) is 7.70. The zero-order valence-electron chi connectivity index (χ0n) is 12.9. The quantitative estimate of drug-likeness (QED) is 0.680. The molecule has 4 heteroatoms. The fourth-order valence-corrected chi connectivity index (χ4v) is 3.28. The van der Waals surface area contributed by atoms with Gasteiger partial charge >= 0.3 is 0 Å². The van der Waals surface area contributed by atoms with Gasteiger partial charge in [0.1, 0.15) is 12.3 Å². The summed E-state index contributed by atoms with van der Waals surface area (Å²) in [5.74, 6) is -0.836. The average molecular weight is 309 g/mol. The van der Waals surface area contributed by atoms with E-state index in [9.17, 15) is 14.7 Å². The Kier molecular flexibility index (Phi) is 4.26. The molecule has 4 nitrogen and oxygen atoms in total. The Hall–Kier alpha value is -2.46. The molecular formula is C19H19NO3.